The van der Waals surface area contributed by atoms with Crippen LogP contribution in [-0.4, -0.2) is 4.57 Å². The lowest BCUT2D eigenvalue weighted by atomic mass is 9.98. The van der Waals surface area contributed by atoms with Gasteiger partial charge < -0.3 is 4.57 Å². The Morgan fingerprint density at radius 3 is 2.00 bits per heavy atom. The van der Waals surface area contributed by atoms with Gasteiger partial charge in [0.25, 0.3) is 0 Å². The van der Waals surface area contributed by atoms with Gasteiger partial charge in [-0.1, -0.05) is 78.3 Å². The molecule has 0 amide bonds. The van der Waals surface area contributed by atoms with Crippen LogP contribution in [0.4, 0.5) is 0 Å². The normalized spacial score (nSPS) is 11.0. The maximum Gasteiger partial charge on any atom is 0.0568 e. The minimum Gasteiger partial charge on any atom is -0.343 e. The highest BCUT2D eigenvalue weighted by Gasteiger charge is 2.18. The molecular formula is C21H16ClN. The van der Waals surface area contributed by atoms with E-state index in [9.17, 15) is 0 Å². The summed E-state index contributed by atoms with van der Waals surface area (Å²) in [5.74, 6) is 0. The van der Waals surface area contributed by atoms with Crippen molar-refractivity contribution in [3.8, 4) is 22.4 Å². The van der Waals surface area contributed by atoms with Crippen LogP contribution in [0.2, 0.25) is 5.02 Å². The molecule has 0 aliphatic heterocycles. The number of aryl methyl sites for hydroxylation is 1. The fraction of sp³-hybridized carbons (Fsp3) is 0.0476. The van der Waals surface area contributed by atoms with E-state index in [2.05, 4.69) is 66.2 Å². The van der Waals surface area contributed by atoms with Crippen LogP contribution in [0.5, 0.6) is 0 Å². The minimum absolute atomic E-state index is 0.761. The zero-order valence-corrected chi connectivity index (χ0v) is 13.6. The van der Waals surface area contributed by atoms with Gasteiger partial charge in [0, 0.05) is 23.0 Å². The summed E-state index contributed by atoms with van der Waals surface area (Å²) in [4.78, 5) is 0. The second kappa shape index (κ2) is 5.60. The highest BCUT2D eigenvalue weighted by molar-refractivity contribution is 6.31. The van der Waals surface area contributed by atoms with Crippen molar-refractivity contribution in [3.05, 3.63) is 83.9 Å². The molecule has 4 aromatic rings. The molecule has 0 bridgehead atoms. The molecule has 0 N–H and O–H groups in total. The molecule has 23 heavy (non-hydrogen) atoms. The van der Waals surface area contributed by atoms with E-state index in [0.717, 1.165) is 10.5 Å². The summed E-state index contributed by atoms with van der Waals surface area (Å²) in [5.41, 5.74) is 6.05. The highest BCUT2D eigenvalue weighted by atomic mass is 35.5. The number of nitrogens with zero attached hydrogens (tertiary/aromatic N) is 1. The van der Waals surface area contributed by atoms with Gasteiger partial charge in [-0.25, -0.2) is 0 Å². The van der Waals surface area contributed by atoms with Gasteiger partial charge in [0.1, 0.15) is 0 Å². The van der Waals surface area contributed by atoms with Crippen molar-refractivity contribution in [2.75, 3.05) is 0 Å². The average molecular weight is 318 g/mol. The Kier molecular flexibility index (Phi) is 3.44. The van der Waals surface area contributed by atoms with E-state index >= 15 is 0 Å². The first kappa shape index (κ1) is 14.1. The highest BCUT2D eigenvalue weighted by Crippen LogP contribution is 2.40. The van der Waals surface area contributed by atoms with Crippen LogP contribution in [0.1, 0.15) is 0 Å². The largest absolute Gasteiger partial charge is 0.343 e. The quantitative estimate of drug-likeness (QED) is 0.417. The molecule has 3 aromatic carbocycles. The van der Waals surface area contributed by atoms with Crippen molar-refractivity contribution >= 4 is 22.5 Å². The first-order valence-corrected chi connectivity index (χ1v) is 8.02. The van der Waals surface area contributed by atoms with Crippen molar-refractivity contribution < 1.29 is 0 Å². The maximum absolute atomic E-state index is 6.23. The molecule has 0 saturated carbocycles. The fourth-order valence-electron chi connectivity index (χ4n) is 3.24. The number of aromatic nitrogens is 1. The lowest BCUT2D eigenvalue weighted by Crippen LogP contribution is -1.92. The predicted molar refractivity (Wildman–Crippen MR) is 98.8 cm³/mol. The van der Waals surface area contributed by atoms with E-state index in [4.69, 9.17) is 11.6 Å². The molecule has 112 valence electrons. The van der Waals surface area contributed by atoms with Gasteiger partial charge in [-0.15, -0.1) is 0 Å². The van der Waals surface area contributed by atoms with Gasteiger partial charge in [-0.2, -0.15) is 0 Å². The van der Waals surface area contributed by atoms with E-state index in [0.29, 0.717) is 0 Å². The Balaban J connectivity index is 2.14. The Morgan fingerprint density at radius 1 is 0.739 bits per heavy atom. The summed E-state index contributed by atoms with van der Waals surface area (Å²) >= 11 is 6.23. The lowest BCUT2D eigenvalue weighted by Gasteiger charge is -2.08. The Morgan fingerprint density at radius 2 is 1.35 bits per heavy atom. The van der Waals surface area contributed by atoms with Crippen molar-refractivity contribution in [3.63, 3.8) is 0 Å². The van der Waals surface area contributed by atoms with E-state index in [1.807, 2.05) is 24.3 Å². The third-order valence-corrected chi connectivity index (χ3v) is 4.51. The van der Waals surface area contributed by atoms with E-state index in [-0.39, 0.29) is 0 Å². The Labute approximate surface area is 140 Å². The average Bonchev–Trinajstić information content (AvgIpc) is 2.89. The van der Waals surface area contributed by atoms with Crippen LogP contribution in [-0.2, 0) is 7.05 Å². The molecule has 0 radical (unpaired) electrons. The number of rotatable bonds is 2. The SMILES string of the molecule is Cn1c(-c2ccccc2)c(-c2ccccc2)c2ccc(Cl)cc21. The Bertz CT molecular complexity index is 969. The second-order valence-electron chi connectivity index (χ2n) is 5.68. The molecule has 2 heteroatoms. The fourth-order valence-corrected chi connectivity index (χ4v) is 3.41. The van der Waals surface area contributed by atoms with Gasteiger partial charge in [0.15, 0.2) is 0 Å². The molecule has 0 aliphatic rings. The summed E-state index contributed by atoms with van der Waals surface area (Å²) in [7, 11) is 2.10. The van der Waals surface area contributed by atoms with Crippen molar-refractivity contribution in [1.82, 2.24) is 4.57 Å². The summed E-state index contributed by atoms with van der Waals surface area (Å²) in [6.07, 6.45) is 0. The molecular weight excluding hydrogens is 302 g/mol. The second-order valence-corrected chi connectivity index (χ2v) is 6.11. The molecule has 1 aromatic heterocycles. The van der Waals surface area contributed by atoms with Crippen LogP contribution in [0.15, 0.2) is 78.9 Å². The summed E-state index contributed by atoms with van der Waals surface area (Å²) in [6.45, 7) is 0. The summed E-state index contributed by atoms with van der Waals surface area (Å²) in [6, 6.07) is 27.2. The first-order chi connectivity index (χ1) is 11.3. The van der Waals surface area contributed by atoms with E-state index < -0.39 is 0 Å². The van der Waals surface area contributed by atoms with Crippen LogP contribution < -0.4 is 0 Å². The predicted octanol–water partition coefficient (Wildman–Crippen LogP) is 6.17. The monoisotopic (exact) mass is 317 g/mol. The number of hydrogen-bond donors (Lipinski definition) is 0. The third-order valence-electron chi connectivity index (χ3n) is 4.27. The molecule has 0 unspecified atom stereocenters. The summed E-state index contributed by atoms with van der Waals surface area (Å²) in [5, 5.41) is 1.99. The van der Waals surface area contributed by atoms with Gasteiger partial charge in [-0.3, -0.25) is 0 Å². The number of fused-ring (bicyclic) bond motifs is 1. The number of benzene rings is 3. The molecule has 4 rings (SSSR count). The molecule has 0 saturated heterocycles. The van der Waals surface area contributed by atoms with Crippen molar-refractivity contribution in [2.24, 2.45) is 7.05 Å². The maximum atomic E-state index is 6.23. The zero-order chi connectivity index (χ0) is 15.8. The van der Waals surface area contributed by atoms with Crippen molar-refractivity contribution in [1.29, 1.82) is 0 Å². The topological polar surface area (TPSA) is 4.93 Å². The smallest absolute Gasteiger partial charge is 0.0568 e. The Hall–Kier alpha value is -2.51. The number of halogens is 1. The van der Waals surface area contributed by atoms with Crippen LogP contribution in [0.25, 0.3) is 33.3 Å². The molecule has 0 fully saturated rings. The molecule has 0 spiro atoms. The minimum atomic E-state index is 0.761. The number of hydrogen-bond acceptors (Lipinski definition) is 0. The van der Waals surface area contributed by atoms with Gasteiger partial charge in [0.2, 0.25) is 0 Å². The molecule has 1 nitrogen and oxygen atoms in total. The lowest BCUT2D eigenvalue weighted by molar-refractivity contribution is 0.979. The van der Waals surface area contributed by atoms with Crippen LogP contribution in [0, 0.1) is 0 Å². The van der Waals surface area contributed by atoms with Gasteiger partial charge >= 0.3 is 0 Å². The van der Waals surface area contributed by atoms with Crippen LogP contribution in [0.3, 0.4) is 0 Å². The van der Waals surface area contributed by atoms with Gasteiger partial charge in [-0.05, 0) is 23.3 Å². The summed E-state index contributed by atoms with van der Waals surface area (Å²) < 4.78 is 2.24. The van der Waals surface area contributed by atoms with E-state index in [1.165, 1.54) is 27.8 Å². The molecule has 1 heterocycles. The van der Waals surface area contributed by atoms with Gasteiger partial charge in [0.05, 0.1) is 11.2 Å². The van der Waals surface area contributed by atoms with Crippen LogP contribution >= 0.6 is 11.6 Å². The van der Waals surface area contributed by atoms with Crippen molar-refractivity contribution in [2.45, 2.75) is 0 Å². The zero-order valence-electron chi connectivity index (χ0n) is 12.8. The third kappa shape index (κ3) is 2.34. The standard InChI is InChI=1S/C21H16ClN/c1-23-19-14-17(22)12-13-18(19)20(15-8-4-2-5-9-15)21(23)16-10-6-3-7-11-16/h2-14H,1H3. The molecule has 0 atom stereocenters. The first-order valence-electron chi connectivity index (χ1n) is 7.64. The molecule has 0 aliphatic carbocycles. The van der Waals surface area contributed by atoms with E-state index in [1.54, 1.807) is 0 Å².